The Bertz CT molecular complexity index is 519. The van der Waals surface area contributed by atoms with Crippen molar-refractivity contribution in [2.24, 2.45) is 10.5 Å². The number of hydrazone groups is 1. The highest BCUT2D eigenvalue weighted by Crippen LogP contribution is 2.27. The third kappa shape index (κ3) is 6.99. The lowest BCUT2D eigenvalue weighted by molar-refractivity contribution is -0.115. The van der Waals surface area contributed by atoms with Crippen LogP contribution >= 0.6 is 0 Å². The second-order valence-corrected chi connectivity index (χ2v) is 6.07. The van der Waals surface area contributed by atoms with Crippen molar-refractivity contribution < 1.29 is 4.79 Å². The van der Waals surface area contributed by atoms with Gasteiger partial charge in [0.1, 0.15) is 12.6 Å². The maximum atomic E-state index is 11.1. The Balaban J connectivity index is 0.00000232. The van der Waals surface area contributed by atoms with Gasteiger partial charge in [-0.3, -0.25) is 0 Å². The molecule has 0 bridgehead atoms. The minimum Gasteiger partial charge on any atom is -0.349 e. The topological polar surface area (TPSA) is 83.4 Å². The van der Waals surface area contributed by atoms with Crippen molar-refractivity contribution in [1.82, 2.24) is 15.0 Å². The molecule has 0 aliphatic heterocycles. The lowest BCUT2D eigenvalue weighted by Gasteiger charge is -2.32. The number of aromatic nitrogens is 3. The number of carbonyl (C=O) groups is 1. The number of carbonyl (C=O) groups excluding carboxylic acids is 1. The molecular formula is C16H28N6O. The number of anilines is 2. The van der Waals surface area contributed by atoms with Gasteiger partial charge in [-0.15, -0.1) is 0 Å². The molecule has 1 aromatic heterocycles. The molecule has 0 spiro atoms. The molecule has 0 amide bonds. The Morgan fingerprint density at radius 3 is 2.39 bits per heavy atom. The molecule has 0 aliphatic rings. The molecule has 0 saturated heterocycles. The zero-order chi connectivity index (χ0) is 18.1. The molecule has 1 rings (SSSR count). The lowest BCUT2D eigenvalue weighted by atomic mass is 9.81. The molecule has 0 unspecified atom stereocenters. The highest BCUT2D eigenvalue weighted by atomic mass is 16.1. The van der Waals surface area contributed by atoms with E-state index in [1.165, 1.54) is 17.5 Å². The van der Waals surface area contributed by atoms with E-state index in [9.17, 15) is 4.79 Å². The first-order valence-electron chi connectivity index (χ1n) is 7.55. The minimum absolute atomic E-state index is 0.322. The van der Waals surface area contributed by atoms with E-state index in [1.807, 2.05) is 41.5 Å². The highest BCUT2D eigenvalue weighted by molar-refractivity contribution is 5.58. The summed E-state index contributed by atoms with van der Waals surface area (Å²) in [6, 6.07) is 0. The maximum Gasteiger partial charge on any atom is 0.255 e. The summed E-state index contributed by atoms with van der Waals surface area (Å²) in [5.74, 6) is 0.727. The zero-order valence-corrected chi connectivity index (χ0v) is 15.0. The van der Waals surface area contributed by atoms with Gasteiger partial charge in [-0.1, -0.05) is 34.3 Å². The number of aldehydes is 1. The third-order valence-electron chi connectivity index (χ3n) is 2.76. The largest absolute Gasteiger partial charge is 0.349 e. The molecule has 7 heteroatoms. The van der Waals surface area contributed by atoms with Crippen LogP contribution in [0.25, 0.3) is 0 Å². The van der Waals surface area contributed by atoms with Gasteiger partial charge in [-0.05, 0) is 20.3 Å². The van der Waals surface area contributed by atoms with Gasteiger partial charge in [-0.25, -0.2) is 9.99 Å². The standard InChI is InChI=1S/C14H22N6O.C2H6/c1-7-20(15-6)12-17-10-16-11(18-12)19-14(4,5)8-13(2,3)9-21;1-2/h7,9-10H,1,6,8H2,2-5H3,(H,16,17,18,19);1-2H3. The fraction of sp³-hybridized carbons (Fsp3) is 0.562. The Morgan fingerprint density at radius 2 is 1.91 bits per heavy atom. The van der Waals surface area contributed by atoms with Gasteiger partial charge < -0.3 is 10.1 Å². The van der Waals surface area contributed by atoms with Crippen LogP contribution in [0.3, 0.4) is 0 Å². The quantitative estimate of drug-likeness (QED) is 0.449. The number of nitrogens with one attached hydrogen (secondary N) is 1. The molecule has 128 valence electrons. The molecule has 0 atom stereocenters. The first-order chi connectivity index (χ1) is 10.7. The van der Waals surface area contributed by atoms with E-state index in [0.29, 0.717) is 18.3 Å². The second kappa shape index (κ2) is 8.97. The molecule has 0 aromatic carbocycles. The van der Waals surface area contributed by atoms with Gasteiger partial charge in [0.2, 0.25) is 5.95 Å². The third-order valence-corrected chi connectivity index (χ3v) is 2.76. The van der Waals surface area contributed by atoms with Crippen molar-refractivity contribution in [3.8, 4) is 0 Å². The maximum absolute atomic E-state index is 11.1. The first kappa shape index (κ1) is 20.7. The summed E-state index contributed by atoms with van der Waals surface area (Å²) < 4.78 is 0. The zero-order valence-electron chi connectivity index (χ0n) is 15.0. The first-order valence-corrected chi connectivity index (χ1v) is 7.55. The second-order valence-electron chi connectivity index (χ2n) is 6.07. The fourth-order valence-electron chi connectivity index (χ4n) is 2.19. The van der Waals surface area contributed by atoms with E-state index < -0.39 is 5.41 Å². The van der Waals surface area contributed by atoms with Gasteiger partial charge >= 0.3 is 0 Å². The molecule has 1 aromatic rings. The summed E-state index contributed by atoms with van der Waals surface area (Å²) in [4.78, 5) is 23.4. The Morgan fingerprint density at radius 1 is 1.30 bits per heavy atom. The van der Waals surface area contributed by atoms with E-state index in [4.69, 9.17) is 0 Å². The lowest BCUT2D eigenvalue weighted by Crippen LogP contribution is -2.37. The van der Waals surface area contributed by atoms with E-state index >= 15 is 0 Å². The Labute approximate surface area is 138 Å². The molecule has 0 radical (unpaired) electrons. The van der Waals surface area contributed by atoms with Crippen molar-refractivity contribution in [2.75, 3.05) is 10.3 Å². The summed E-state index contributed by atoms with van der Waals surface area (Å²) in [5.41, 5.74) is -0.786. The van der Waals surface area contributed by atoms with Gasteiger partial charge in [0, 0.05) is 23.9 Å². The van der Waals surface area contributed by atoms with Crippen molar-refractivity contribution in [3.05, 3.63) is 19.1 Å². The number of rotatable bonds is 8. The predicted octanol–water partition coefficient (Wildman–Crippen LogP) is 3.27. The Kier molecular flexibility index (Phi) is 8.07. The molecule has 1 N–H and O–H groups in total. The molecule has 1 heterocycles. The summed E-state index contributed by atoms with van der Waals surface area (Å²) >= 11 is 0. The van der Waals surface area contributed by atoms with Crippen molar-refractivity contribution >= 4 is 24.9 Å². The SMILES string of the molecule is C=CN(N=C)c1ncnc(NC(C)(C)CC(C)(C)C=O)n1.CC. The van der Waals surface area contributed by atoms with E-state index in [-0.39, 0.29) is 5.54 Å². The monoisotopic (exact) mass is 320 g/mol. The number of hydrogen-bond acceptors (Lipinski definition) is 7. The van der Waals surface area contributed by atoms with E-state index in [1.54, 1.807) is 0 Å². The molecule has 0 fully saturated rings. The van der Waals surface area contributed by atoms with Crippen LogP contribution in [0.4, 0.5) is 11.9 Å². The summed E-state index contributed by atoms with van der Waals surface area (Å²) in [6.07, 6.45) is 4.42. The molecule has 0 saturated carbocycles. The van der Waals surface area contributed by atoms with Crippen LogP contribution in [0.1, 0.15) is 48.0 Å². The smallest absolute Gasteiger partial charge is 0.255 e. The highest BCUT2D eigenvalue weighted by Gasteiger charge is 2.29. The van der Waals surface area contributed by atoms with Crippen LogP contribution in [-0.4, -0.2) is 33.5 Å². The van der Waals surface area contributed by atoms with E-state index in [2.05, 4.69) is 38.7 Å². The van der Waals surface area contributed by atoms with Crippen LogP contribution in [0.15, 0.2) is 24.2 Å². The van der Waals surface area contributed by atoms with Crippen molar-refractivity contribution in [3.63, 3.8) is 0 Å². The molecular weight excluding hydrogens is 292 g/mol. The van der Waals surface area contributed by atoms with E-state index in [0.717, 1.165) is 6.29 Å². The Hall–Kier alpha value is -2.31. The normalized spacial score (nSPS) is 10.9. The summed E-state index contributed by atoms with van der Waals surface area (Å²) in [7, 11) is 0. The predicted molar refractivity (Wildman–Crippen MR) is 95.6 cm³/mol. The van der Waals surface area contributed by atoms with Crippen LogP contribution in [0.5, 0.6) is 0 Å². The van der Waals surface area contributed by atoms with Crippen LogP contribution in [0.2, 0.25) is 0 Å². The fourth-order valence-corrected chi connectivity index (χ4v) is 2.19. The average molecular weight is 320 g/mol. The van der Waals surface area contributed by atoms with Crippen LogP contribution in [-0.2, 0) is 4.79 Å². The van der Waals surface area contributed by atoms with Crippen LogP contribution < -0.4 is 10.3 Å². The van der Waals surface area contributed by atoms with Gasteiger partial charge in [0.25, 0.3) is 5.95 Å². The van der Waals surface area contributed by atoms with Crippen molar-refractivity contribution in [2.45, 2.75) is 53.5 Å². The average Bonchev–Trinajstić information content (AvgIpc) is 2.49. The molecule has 23 heavy (non-hydrogen) atoms. The molecule has 0 aliphatic carbocycles. The number of nitrogens with zero attached hydrogens (tertiary/aromatic N) is 5. The molecule has 7 nitrogen and oxygen atoms in total. The summed E-state index contributed by atoms with van der Waals surface area (Å²) in [5, 5.41) is 8.28. The van der Waals surface area contributed by atoms with Gasteiger partial charge in [-0.2, -0.15) is 15.1 Å². The van der Waals surface area contributed by atoms with Gasteiger partial charge in [0.05, 0.1) is 0 Å². The van der Waals surface area contributed by atoms with Gasteiger partial charge in [0.15, 0.2) is 0 Å². The summed E-state index contributed by atoms with van der Waals surface area (Å²) in [6.45, 7) is 18.8. The minimum atomic E-state index is -0.428. The number of hydrogen-bond donors (Lipinski definition) is 1. The van der Waals surface area contributed by atoms with Crippen molar-refractivity contribution in [1.29, 1.82) is 0 Å². The van der Waals surface area contributed by atoms with Crippen LogP contribution in [0, 0.1) is 5.41 Å².